The van der Waals surface area contributed by atoms with Crippen LogP contribution in [0.4, 0.5) is 0 Å². The summed E-state index contributed by atoms with van der Waals surface area (Å²) in [5, 5.41) is 9.25. The van der Waals surface area contributed by atoms with Crippen molar-refractivity contribution in [3.05, 3.63) is 59.7 Å². The number of carboxylic acid groups (broad SMARTS) is 1. The average Bonchev–Trinajstić information content (AvgIpc) is 3.06. The van der Waals surface area contributed by atoms with Crippen LogP contribution in [0.3, 0.4) is 0 Å². The molecule has 1 aromatic carbocycles. The Hall–Kier alpha value is -2.40. The number of carboxylic acids is 1. The van der Waals surface area contributed by atoms with Crippen LogP contribution in [0.2, 0.25) is 0 Å². The Bertz CT molecular complexity index is 794. The highest BCUT2D eigenvalue weighted by Gasteiger charge is 2.24. The lowest BCUT2D eigenvalue weighted by atomic mass is 9.97. The van der Waals surface area contributed by atoms with Gasteiger partial charge in [-0.15, -0.1) is 0 Å². The standard InChI is InChI=1S/C21H27N3O2/c1-16-7-3-4-9-18(16)19(20-22-11-14-23(20)2)10-6-13-24-12-5-8-17(15-24)21(25)26/h3-4,7,9-11,14,17H,5-6,8,12-13,15H2,1-2H3,(H,25,26). The molecule has 0 spiro atoms. The van der Waals surface area contributed by atoms with Gasteiger partial charge in [0, 0.05) is 38.1 Å². The van der Waals surface area contributed by atoms with Gasteiger partial charge in [0.15, 0.2) is 0 Å². The second-order valence-corrected chi connectivity index (χ2v) is 7.06. The van der Waals surface area contributed by atoms with Gasteiger partial charge < -0.3 is 14.6 Å². The van der Waals surface area contributed by atoms with Crippen molar-refractivity contribution in [2.24, 2.45) is 13.0 Å². The molecule has 5 nitrogen and oxygen atoms in total. The topological polar surface area (TPSA) is 58.4 Å². The second-order valence-electron chi connectivity index (χ2n) is 7.06. The molecule has 0 saturated carbocycles. The number of aliphatic carboxylic acids is 1. The highest BCUT2D eigenvalue weighted by molar-refractivity contribution is 5.78. The molecule has 0 bridgehead atoms. The van der Waals surface area contributed by atoms with E-state index >= 15 is 0 Å². The smallest absolute Gasteiger partial charge is 0.307 e. The number of imidazole rings is 1. The maximum Gasteiger partial charge on any atom is 0.307 e. The van der Waals surface area contributed by atoms with Crippen molar-refractivity contribution < 1.29 is 9.90 Å². The molecular formula is C21H27N3O2. The van der Waals surface area contributed by atoms with Crippen LogP contribution in [0.25, 0.3) is 5.57 Å². The fraction of sp³-hybridized carbons (Fsp3) is 0.429. The van der Waals surface area contributed by atoms with E-state index in [4.69, 9.17) is 0 Å². The molecule has 138 valence electrons. The second kappa shape index (κ2) is 8.32. The number of hydrogen-bond donors (Lipinski definition) is 1. The molecule has 5 heteroatoms. The molecule has 0 radical (unpaired) electrons. The Morgan fingerprint density at radius 1 is 1.38 bits per heavy atom. The van der Waals surface area contributed by atoms with Crippen LogP contribution < -0.4 is 0 Å². The van der Waals surface area contributed by atoms with Crippen molar-refractivity contribution in [3.8, 4) is 0 Å². The zero-order valence-corrected chi connectivity index (χ0v) is 15.6. The van der Waals surface area contributed by atoms with Crippen molar-refractivity contribution >= 4 is 11.5 Å². The lowest BCUT2D eigenvalue weighted by molar-refractivity contribution is -0.143. The normalized spacial score (nSPS) is 18.8. The maximum absolute atomic E-state index is 11.2. The van der Waals surface area contributed by atoms with Crippen LogP contribution in [0.15, 0.2) is 42.7 Å². The summed E-state index contributed by atoms with van der Waals surface area (Å²) >= 11 is 0. The van der Waals surface area contributed by atoms with E-state index in [0.717, 1.165) is 43.7 Å². The molecule has 2 heterocycles. The summed E-state index contributed by atoms with van der Waals surface area (Å²) in [4.78, 5) is 18.1. The summed E-state index contributed by atoms with van der Waals surface area (Å²) in [7, 11) is 2.01. The van der Waals surface area contributed by atoms with Crippen molar-refractivity contribution in [1.29, 1.82) is 0 Å². The summed E-state index contributed by atoms with van der Waals surface area (Å²) < 4.78 is 2.04. The molecule has 1 aromatic heterocycles. The van der Waals surface area contributed by atoms with Crippen LogP contribution >= 0.6 is 0 Å². The summed E-state index contributed by atoms with van der Waals surface area (Å²) in [5.41, 5.74) is 3.57. The minimum atomic E-state index is -0.668. The number of benzene rings is 1. The summed E-state index contributed by atoms with van der Waals surface area (Å²) in [5.74, 6) is 0.0679. The van der Waals surface area contributed by atoms with Gasteiger partial charge in [-0.05, 0) is 43.9 Å². The highest BCUT2D eigenvalue weighted by Crippen LogP contribution is 2.25. The van der Waals surface area contributed by atoms with Gasteiger partial charge in [0.1, 0.15) is 5.82 Å². The first kappa shape index (κ1) is 18.4. The SMILES string of the molecule is Cc1ccccc1C(=CCCN1CCCC(C(=O)O)C1)c1nccn1C. The Morgan fingerprint density at radius 2 is 2.19 bits per heavy atom. The van der Waals surface area contributed by atoms with E-state index < -0.39 is 5.97 Å². The van der Waals surface area contributed by atoms with E-state index in [0.29, 0.717) is 6.54 Å². The molecule has 0 aliphatic carbocycles. The summed E-state index contributed by atoms with van der Waals surface area (Å²) in [6.45, 7) is 4.64. The predicted octanol–water partition coefficient (Wildman–Crippen LogP) is 3.35. The van der Waals surface area contributed by atoms with E-state index in [1.807, 2.05) is 24.0 Å². The minimum Gasteiger partial charge on any atom is -0.481 e. The first-order chi connectivity index (χ1) is 12.6. The minimum absolute atomic E-state index is 0.224. The van der Waals surface area contributed by atoms with Gasteiger partial charge >= 0.3 is 5.97 Å². The van der Waals surface area contributed by atoms with Gasteiger partial charge in [0.2, 0.25) is 0 Å². The monoisotopic (exact) mass is 353 g/mol. The molecule has 3 rings (SSSR count). The molecule has 1 aliphatic rings. The molecule has 2 aromatic rings. The van der Waals surface area contributed by atoms with Crippen LogP contribution in [-0.2, 0) is 11.8 Å². The number of hydrogen-bond acceptors (Lipinski definition) is 3. The summed E-state index contributed by atoms with van der Waals surface area (Å²) in [6.07, 6.45) is 8.67. The zero-order chi connectivity index (χ0) is 18.5. The lowest BCUT2D eigenvalue weighted by Crippen LogP contribution is -2.39. The van der Waals surface area contributed by atoms with Gasteiger partial charge in [-0.3, -0.25) is 4.79 Å². The zero-order valence-electron chi connectivity index (χ0n) is 15.6. The molecule has 1 atom stereocenters. The van der Waals surface area contributed by atoms with E-state index in [1.54, 1.807) is 0 Å². The lowest BCUT2D eigenvalue weighted by Gasteiger charge is -2.30. The summed E-state index contributed by atoms with van der Waals surface area (Å²) in [6, 6.07) is 8.36. The number of aromatic nitrogens is 2. The van der Waals surface area contributed by atoms with Gasteiger partial charge in [-0.2, -0.15) is 0 Å². The number of rotatable bonds is 6. The van der Waals surface area contributed by atoms with Crippen molar-refractivity contribution in [2.45, 2.75) is 26.2 Å². The van der Waals surface area contributed by atoms with E-state index in [9.17, 15) is 9.90 Å². The highest BCUT2D eigenvalue weighted by atomic mass is 16.4. The first-order valence-corrected chi connectivity index (χ1v) is 9.25. The average molecular weight is 353 g/mol. The van der Waals surface area contributed by atoms with Crippen LogP contribution in [-0.4, -0.2) is 45.2 Å². The van der Waals surface area contributed by atoms with Gasteiger partial charge in [-0.1, -0.05) is 30.3 Å². The molecule has 1 saturated heterocycles. The Kier molecular flexibility index (Phi) is 5.89. The molecular weight excluding hydrogens is 326 g/mol. The number of likely N-dealkylation sites (tertiary alicyclic amines) is 1. The van der Waals surface area contributed by atoms with Crippen LogP contribution in [0, 0.1) is 12.8 Å². The molecule has 1 fully saturated rings. The fourth-order valence-electron chi connectivity index (χ4n) is 3.67. The van der Waals surface area contributed by atoms with Gasteiger partial charge in [0.05, 0.1) is 5.92 Å². The first-order valence-electron chi connectivity index (χ1n) is 9.25. The van der Waals surface area contributed by atoms with E-state index in [2.05, 4.69) is 47.1 Å². The fourth-order valence-corrected chi connectivity index (χ4v) is 3.67. The number of nitrogens with zero attached hydrogens (tertiary/aromatic N) is 3. The Morgan fingerprint density at radius 3 is 2.88 bits per heavy atom. The number of carbonyl (C=O) groups is 1. The van der Waals surface area contributed by atoms with E-state index in [1.165, 1.54) is 11.1 Å². The number of aryl methyl sites for hydroxylation is 2. The van der Waals surface area contributed by atoms with Crippen LogP contribution in [0.5, 0.6) is 0 Å². The molecule has 1 N–H and O–H groups in total. The quantitative estimate of drug-likeness (QED) is 0.865. The van der Waals surface area contributed by atoms with Crippen molar-refractivity contribution in [1.82, 2.24) is 14.5 Å². The third-order valence-electron chi connectivity index (χ3n) is 5.15. The Balaban J connectivity index is 1.77. The predicted molar refractivity (Wildman–Crippen MR) is 103 cm³/mol. The maximum atomic E-state index is 11.2. The largest absolute Gasteiger partial charge is 0.481 e. The third-order valence-corrected chi connectivity index (χ3v) is 5.15. The third kappa shape index (κ3) is 4.22. The molecule has 1 unspecified atom stereocenters. The van der Waals surface area contributed by atoms with Gasteiger partial charge in [0.25, 0.3) is 0 Å². The number of piperidine rings is 1. The molecule has 0 amide bonds. The van der Waals surface area contributed by atoms with E-state index in [-0.39, 0.29) is 5.92 Å². The van der Waals surface area contributed by atoms with Crippen molar-refractivity contribution in [3.63, 3.8) is 0 Å². The molecule has 1 aliphatic heterocycles. The van der Waals surface area contributed by atoms with Crippen LogP contribution in [0.1, 0.15) is 36.2 Å². The molecule has 26 heavy (non-hydrogen) atoms. The van der Waals surface area contributed by atoms with Gasteiger partial charge in [-0.25, -0.2) is 4.98 Å². The van der Waals surface area contributed by atoms with Crippen molar-refractivity contribution in [2.75, 3.05) is 19.6 Å². The Labute approximate surface area is 155 Å².